The average Bonchev–Trinajstić information content (AvgIpc) is 2.44. The molecule has 0 fully saturated rings. The van der Waals surface area contributed by atoms with E-state index in [4.69, 9.17) is 9.47 Å². The van der Waals surface area contributed by atoms with Crippen molar-refractivity contribution in [1.82, 2.24) is 5.32 Å². The highest BCUT2D eigenvalue weighted by atomic mass is 16.5. The van der Waals surface area contributed by atoms with Crippen molar-refractivity contribution < 1.29 is 19.1 Å². The molecule has 1 aromatic carbocycles. The standard InChI is InChI=1S/C18H27NO4/c1-12(2)15-7-6-14(5)10-16(15)22-11-17(20)19-9-8-18(21)23-13(3)4/h6-7,10,12-13H,8-9,11H2,1-5H3,(H,19,20). The Labute approximate surface area is 138 Å². The van der Waals surface area contributed by atoms with Gasteiger partial charge in [-0.2, -0.15) is 0 Å². The molecule has 128 valence electrons. The summed E-state index contributed by atoms with van der Waals surface area (Å²) in [6, 6.07) is 5.99. The van der Waals surface area contributed by atoms with Crippen molar-refractivity contribution in [2.45, 2.75) is 53.1 Å². The Morgan fingerprint density at radius 3 is 2.48 bits per heavy atom. The van der Waals surface area contributed by atoms with Crippen LogP contribution in [0.15, 0.2) is 18.2 Å². The fourth-order valence-corrected chi connectivity index (χ4v) is 2.06. The first kappa shape index (κ1) is 19.0. The van der Waals surface area contributed by atoms with Gasteiger partial charge in [-0.25, -0.2) is 0 Å². The Balaban J connectivity index is 2.42. The number of carbonyl (C=O) groups excluding carboxylic acids is 2. The second-order valence-corrected chi connectivity index (χ2v) is 6.12. The van der Waals surface area contributed by atoms with Gasteiger partial charge >= 0.3 is 5.97 Å². The second kappa shape index (κ2) is 9.18. The van der Waals surface area contributed by atoms with E-state index in [0.29, 0.717) is 5.92 Å². The molecule has 5 nitrogen and oxygen atoms in total. The Kier molecular flexibility index (Phi) is 7.59. The molecule has 0 radical (unpaired) electrons. The molecule has 0 atom stereocenters. The summed E-state index contributed by atoms with van der Waals surface area (Å²) in [6.07, 6.45) is 0.0170. The van der Waals surface area contributed by atoms with Crippen LogP contribution in [0.4, 0.5) is 0 Å². The summed E-state index contributed by atoms with van der Waals surface area (Å²) in [5, 5.41) is 2.66. The molecule has 5 heteroatoms. The van der Waals surface area contributed by atoms with E-state index in [1.807, 2.05) is 25.1 Å². The molecule has 0 spiro atoms. The summed E-state index contributed by atoms with van der Waals surface area (Å²) in [7, 11) is 0. The minimum atomic E-state index is -0.318. The van der Waals surface area contributed by atoms with Gasteiger partial charge in [0.25, 0.3) is 5.91 Å². The number of rotatable bonds is 8. The van der Waals surface area contributed by atoms with Crippen molar-refractivity contribution in [2.24, 2.45) is 0 Å². The lowest BCUT2D eigenvalue weighted by Crippen LogP contribution is -2.31. The molecular formula is C18H27NO4. The van der Waals surface area contributed by atoms with Crippen LogP contribution in [0.25, 0.3) is 0 Å². The molecule has 0 saturated heterocycles. The maximum Gasteiger partial charge on any atom is 0.307 e. The number of nitrogens with one attached hydrogen (secondary N) is 1. The largest absolute Gasteiger partial charge is 0.483 e. The van der Waals surface area contributed by atoms with E-state index in [9.17, 15) is 9.59 Å². The van der Waals surface area contributed by atoms with Gasteiger partial charge < -0.3 is 14.8 Å². The van der Waals surface area contributed by atoms with Crippen LogP contribution in [0.1, 0.15) is 51.2 Å². The molecule has 0 aliphatic rings. The fourth-order valence-electron chi connectivity index (χ4n) is 2.06. The Morgan fingerprint density at radius 2 is 1.87 bits per heavy atom. The van der Waals surface area contributed by atoms with E-state index >= 15 is 0 Å². The molecule has 0 aliphatic carbocycles. The smallest absolute Gasteiger partial charge is 0.307 e. The number of esters is 1. The van der Waals surface area contributed by atoms with E-state index in [1.165, 1.54) is 0 Å². The highest BCUT2D eigenvalue weighted by Gasteiger charge is 2.11. The molecule has 1 rings (SSSR count). The SMILES string of the molecule is Cc1ccc(C(C)C)c(OCC(=O)NCCC(=O)OC(C)C)c1. The molecule has 0 heterocycles. The first-order valence-electron chi connectivity index (χ1n) is 7.99. The predicted octanol–water partition coefficient (Wildman–Crippen LogP) is 2.96. The zero-order valence-corrected chi connectivity index (χ0v) is 14.6. The number of amides is 1. The fraction of sp³-hybridized carbons (Fsp3) is 0.556. The molecule has 1 N–H and O–H groups in total. The Hall–Kier alpha value is -2.04. The van der Waals surface area contributed by atoms with E-state index < -0.39 is 0 Å². The van der Waals surface area contributed by atoms with Gasteiger partial charge in [-0.1, -0.05) is 26.0 Å². The summed E-state index contributed by atoms with van der Waals surface area (Å²) in [5.41, 5.74) is 2.16. The zero-order valence-electron chi connectivity index (χ0n) is 14.6. The molecule has 0 unspecified atom stereocenters. The van der Waals surface area contributed by atoms with Crippen LogP contribution in [0.2, 0.25) is 0 Å². The summed E-state index contributed by atoms with van der Waals surface area (Å²) in [5.74, 6) is 0.481. The van der Waals surface area contributed by atoms with Gasteiger partial charge in [0.2, 0.25) is 0 Å². The van der Waals surface area contributed by atoms with Gasteiger partial charge in [-0.05, 0) is 43.9 Å². The summed E-state index contributed by atoms with van der Waals surface area (Å²) >= 11 is 0. The minimum Gasteiger partial charge on any atom is -0.483 e. The maximum absolute atomic E-state index is 11.8. The van der Waals surface area contributed by atoms with E-state index in [-0.39, 0.29) is 37.6 Å². The van der Waals surface area contributed by atoms with Gasteiger partial charge in [-0.3, -0.25) is 9.59 Å². The summed E-state index contributed by atoms with van der Waals surface area (Å²) in [4.78, 5) is 23.2. The lowest BCUT2D eigenvalue weighted by atomic mass is 10.0. The average molecular weight is 321 g/mol. The quantitative estimate of drug-likeness (QED) is 0.748. The van der Waals surface area contributed by atoms with Crippen molar-refractivity contribution in [1.29, 1.82) is 0 Å². The normalized spacial score (nSPS) is 10.7. The highest BCUT2D eigenvalue weighted by molar-refractivity contribution is 5.78. The van der Waals surface area contributed by atoms with Crippen molar-refractivity contribution >= 4 is 11.9 Å². The van der Waals surface area contributed by atoms with E-state index in [2.05, 4.69) is 19.2 Å². The number of carbonyl (C=O) groups is 2. The van der Waals surface area contributed by atoms with Crippen LogP contribution in [0, 0.1) is 6.92 Å². The van der Waals surface area contributed by atoms with Crippen LogP contribution in [-0.2, 0) is 14.3 Å². The van der Waals surface area contributed by atoms with Crippen LogP contribution in [0.3, 0.4) is 0 Å². The number of hydrogen-bond donors (Lipinski definition) is 1. The van der Waals surface area contributed by atoms with Gasteiger partial charge in [0.05, 0.1) is 12.5 Å². The van der Waals surface area contributed by atoms with Crippen molar-refractivity contribution in [3.63, 3.8) is 0 Å². The van der Waals surface area contributed by atoms with Crippen LogP contribution in [0.5, 0.6) is 5.75 Å². The molecule has 23 heavy (non-hydrogen) atoms. The Morgan fingerprint density at radius 1 is 1.17 bits per heavy atom. The number of aryl methyl sites for hydroxylation is 1. The number of ether oxygens (including phenoxy) is 2. The topological polar surface area (TPSA) is 64.6 Å². The molecule has 1 aromatic rings. The van der Waals surface area contributed by atoms with Crippen molar-refractivity contribution in [2.75, 3.05) is 13.2 Å². The van der Waals surface area contributed by atoms with Gasteiger partial charge in [0.1, 0.15) is 5.75 Å². The van der Waals surface area contributed by atoms with E-state index in [1.54, 1.807) is 13.8 Å². The first-order valence-corrected chi connectivity index (χ1v) is 7.99. The van der Waals surface area contributed by atoms with Gasteiger partial charge in [0, 0.05) is 6.54 Å². The summed E-state index contributed by atoms with van der Waals surface area (Å²) in [6.45, 7) is 9.91. The minimum absolute atomic E-state index is 0.0671. The molecule has 0 aliphatic heterocycles. The van der Waals surface area contributed by atoms with Crippen molar-refractivity contribution in [3.8, 4) is 5.75 Å². The zero-order chi connectivity index (χ0) is 17.4. The molecule has 0 saturated carbocycles. The first-order chi connectivity index (χ1) is 10.8. The monoisotopic (exact) mass is 321 g/mol. The Bertz CT molecular complexity index is 538. The third-order valence-corrected chi connectivity index (χ3v) is 3.17. The summed E-state index contributed by atoms with van der Waals surface area (Å²) < 4.78 is 10.6. The third kappa shape index (κ3) is 7.17. The van der Waals surface area contributed by atoms with Crippen LogP contribution < -0.4 is 10.1 Å². The second-order valence-electron chi connectivity index (χ2n) is 6.12. The van der Waals surface area contributed by atoms with Crippen molar-refractivity contribution in [3.05, 3.63) is 29.3 Å². The van der Waals surface area contributed by atoms with Crippen LogP contribution >= 0.6 is 0 Å². The third-order valence-electron chi connectivity index (χ3n) is 3.17. The molecular weight excluding hydrogens is 294 g/mol. The lowest BCUT2D eigenvalue weighted by Gasteiger charge is -2.15. The molecule has 0 aromatic heterocycles. The van der Waals surface area contributed by atoms with E-state index in [0.717, 1.165) is 16.9 Å². The molecule has 1 amide bonds. The van der Waals surface area contributed by atoms with Gasteiger partial charge in [0.15, 0.2) is 6.61 Å². The van der Waals surface area contributed by atoms with Crippen LogP contribution in [-0.4, -0.2) is 31.1 Å². The number of hydrogen-bond acceptors (Lipinski definition) is 4. The van der Waals surface area contributed by atoms with Gasteiger partial charge in [-0.15, -0.1) is 0 Å². The predicted molar refractivity (Wildman–Crippen MR) is 89.6 cm³/mol. The maximum atomic E-state index is 11.8. The lowest BCUT2D eigenvalue weighted by molar-refractivity contribution is -0.147. The molecule has 0 bridgehead atoms. The number of benzene rings is 1. The highest BCUT2D eigenvalue weighted by Crippen LogP contribution is 2.27.